The molecule has 17 heavy (non-hydrogen) atoms. The van der Waals surface area contributed by atoms with Crippen LogP contribution in [0.3, 0.4) is 0 Å². The molecule has 96 valence electrons. The van der Waals surface area contributed by atoms with E-state index in [1.807, 2.05) is 12.1 Å². The first-order chi connectivity index (χ1) is 8.22. The van der Waals surface area contributed by atoms with E-state index in [0.717, 1.165) is 24.9 Å². The fourth-order valence-corrected chi connectivity index (χ4v) is 2.37. The van der Waals surface area contributed by atoms with Gasteiger partial charge in [0.2, 0.25) is 0 Å². The highest BCUT2D eigenvalue weighted by Gasteiger charge is 2.16. The maximum atomic E-state index is 13.6. The first-order valence-electron chi connectivity index (χ1n) is 6.26. The minimum absolute atomic E-state index is 0.127. The Hall–Kier alpha value is -0.600. The summed E-state index contributed by atoms with van der Waals surface area (Å²) < 4.78 is 13.6. The van der Waals surface area contributed by atoms with Crippen molar-refractivity contribution < 1.29 is 4.39 Å². The second-order valence-electron chi connectivity index (χ2n) is 4.22. The lowest BCUT2D eigenvalue weighted by Crippen LogP contribution is -2.35. The van der Waals surface area contributed by atoms with Crippen LogP contribution < -0.4 is 0 Å². The highest BCUT2D eigenvalue weighted by atomic mass is 35.5. The minimum Gasteiger partial charge on any atom is -0.295 e. The van der Waals surface area contributed by atoms with Gasteiger partial charge in [-0.2, -0.15) is 0 Å². The molecule has 0 amide bonds. The number of hydrogen-bond acceptors (Lipinski definition) is 1. The predicted molar refractivity (Wildman–Crippen MR) is 71.9 cm³/mol. The van der Waals surface area contributed by atoms with Gasteiger partial charge in [0, 0.05) is 30.6 Å². The Morgan fingerprint density at radius 1 is 1.24 bits per heavy atom. The van der Waals surface area contributed by atoms with Crippen molar-refractivity contribution >= 4 is 11.6 Å². The van der Waals surface area contributed by atoms with Crippen molar-refractivity contribution in [2.45, 2.75) is 39.3 Å². The lowest BCUT2D eigenvalue weighted by molar-refractivity contribution is 0.186. The van der Waals surface area contributed by atoms with Crippen LogP contribution in [-0.2, 0) is 6.54 Å². The van der Waals surface area contributed by atoms with Gasteiger partial charge >= 0.3 is 0 Å². The van der Waals surface area contributed by atoms with Crippen molar-refractivity contribution in [3.05, 3.63) is 35.6 Å². The molecule has 0 radical (unpaired) electrons. The topological polar surface area (TPSA) is 3.24 Å². The first kappa shape index (κ1) is 14.5. The van der Waals surface area contributed by atoms with Gasteiger partial charge in [-0.1, -0.05) is 32.0 Å². The van der Waals surface area contributed by atoms with Gasteiger partial charge in [-0.3, -0.25) is 4.90 Å². The monoisotopic (exact) mass is 257 g/mol. The van der Waals surface area contributed by atoms with Crippen molar-refractivity contribution in [2.75, 3.05) is 12.4 Å². The molecule has 0 fully saturated rings. The molecule has 0 spiro atoms. The molecule has 1 nitrogen and oxygen atoms in total. The maximum absolute atomic E-state index is 13.6. The van der Waals surface area contributed by atoms with Crippen LogP contribution in [0.1, 0.15) is 32.3 Å². The zero-order chi connectivity index (χ0) is 12.7. The summed E-state index contributed by atoms with van der Waals surface area (Å²) in [4.78, 5) is 2.27. The smallest absolute Gasteiger partial charge is 0.127 e. The van der Waals surface area contributed by atoms with Gasteiger partial charge in [0.05, 0.1) is 0 Å². The Morgan fingerprint density at radius 3 is 2.41 bits per heavy atom. The highest BCUT2D eigenvalue weighted by molar-refractivity contribution is 6.18. The Morgan fingerprint density at radius 2 is 1.88 bits per heavy atom. The van der Waals surface area contributed by atoms with E-state index in [1.165, 1.54) is 6.07 Å². The average molecular weight is 258 g/mol. The SMILES string of the molecule is CCC(CC)N(CCCl)Cc1ccccc1F. The van der Waals surface area contributed by atoms with Crippen molar-refractivity contribution in [1.82, 2.24) is 4.90 Å². The molecule has 0 saturated carbocycles. The van der Waals surface area contributed by atoms with Crippen molar-refractivity contribution in [2.24, 2.45) is 0 Å². The van der Waals surface area contributed by atoms with Crippen molar-refractivity contribution in [3.8, 4) is 0 Å². The summed E-state index contributed by atoms with van der Waals surface area (Å²) in [5.41, 5.74) is 0.754. The van der Waals surface area contributed by atoms with Crippen LogP contribution in [0.15, 0.2) is 24.3 Å². The first-order valence-corrected chi connectivity index (χ1v) is 6.79. The fourth-order valence-electron chi connectivity index (χ4n) is 2.15. The fraction of sp³-hybridized carbons (Fsp3) is 0.571. The lowest BCUT2D eigenvalue weighted by Gasteiger charge is -2.29. The van der Waals surface area contributed by atoms with Crippen molar-refractivity contribution in [3.63, 3.8) is 0 Å². The molecule has 1 aromatic rings. The zero-order valence-electron chi connectivity index (χ0n) is 10.6. The molecule has 0 unspecified atom stereocenters. The number of rotatable bonds is 7. The Labute approximate surface area is 109 Å². The lowest BCUT2D eigenvalue weighted by atomic mass is 10.1. The van der Waals surface area contributed by atoms with E-state index in [1.54, 1.807) is 6.07 Å². The third-order valence-electron chi connectivity index (χ3n) is 3.16. The summed E-state index contributed by atoms with van der Waals surface area (Å²) in [5, 5.41) is 0. The van der Waals surface area contributed by atoms with Crippen LogP contribution >= 0.6 is 11.6 Å². The number of alkyl halides is 1. The second-order valence-corrected chi connectivity index (χ2v) is 4.60. The molecule has 1 aromatic carbocycles. The summed E-state index contributed by atoms with van der Waals surface area (Å²) in [6, 6.07) is 7.44. The summed E-state index contributed by atoms with van der Waals surface area (Å²) in [7, 11) is 0. The molecule has 3 heteroatoms. The van der Waals surface area contributed by atoms with Crippen LogP contribution in [0.25, 0.3) is 0 Å². The summed E-state index contributed by atoms with van der Waals surface area (Å²) in [5.74, 6) is 0.461. The molecule has 0 aromatic heterocycles. The molecule has 0 N–H and O–H groups in total. The molecular weight excluding hydrogens is 237 g/mol. The van der Waals surface area contributed by atoms with Crippen LogP contribution in [0.4, 0.5) is 4.39 Å². The van der Waals surface area contributed by atoms with E-state index in [4.69, 9.17) is 11.6 Å². The summed E-state index contributed by atoms with van der Waals surface area (Å²) in [6.07, 6.45) is 2.14. The normalized spacial score (nSPS) is 11.4. The van der Waals surface area contributed by atoms with Crippen molar-refractivity contribution in [1.29, 1.82) is 0 Å². The molecule has 0 aliphatic heterocycles. The quantitative estimate of drug-likeness (QED) is 0.666. The van der Waals surface area contributed by atoms with Gasteiger partial charge in [0.25, 0.3) is 0 Å². The van der Waals surface area contributed by atoms with Crippen LogP contribution in [0, 0.1) is 5.82 Å². The summed E-state index contributed by atoms with van der Waals surface area (Å²) in [6.45, 7) is 5.78. The molecule has 0 heterocycles. The van der Waals surface area contributed by atoms with Gasteiger partial charge in [0.15, 0.2) is 0 Å². The molecular formula is C14H21ClFN. The Balaban J connectivity index is 2.75. The minimum atomic E-state index is -0.127. The number of benzene rings is 1. The maximum Gasteiger partial charge on any atom is 0.127 e. The van der Waals surface area contributed by atoms with E-state index in [9.17, 15) is 4.39 Å². The number of hydrogen-bond donors (Lipinski definition) is 0. The predicted octanol–water partition coefficient (Wildman–Crippen LogP) is 4.06. The third-order valence-corrected chi connectivity index (χ3v) is 3.33. The molecule has 0 atom stereocenters. The molecule has 0 saturated heterocycles. The largest absolute Gasteiger partial charge is 0.295 e. The highest BCUT2D eigenvalue weighted by Crippen LogP contribution is 2.15. The Kier molecular flexibility index (Phi) is 6.53. The van der Waals surface area contributed by atoms with E-state index >= 15 is 0 Å². The van der Waals surface area contributed by atoms with Gasteiger partial charge in [-0.25, -0.2) is 4.39 Å². The molecule has 0 aliphatic carbocycles. The van der Waals surface area contributed by atoms with E-state index in [-0.39, 0.29) is 5.82 Å². The second kappa shape index (κ2) is 7.67. The van der Waals surface area contributed by atoms with Crippen LogP contribution in [-0.4, -0.2) is 23.4 Å². The van der Waals surface area contributed by atoms with Crippen LogP contribution in [0.2, 0.25) is 0 Å². The number of nitrogens with zero attached hydrogens (tertiary/aromatic N) is 1. The standard InChI is InChI=1S/C14H21ClFN/c1-3-13(4-2)17(10-9-15)11-12-7-5-6-8-14(12)16/h5-8,13H,3-4,9-11H2,1-2H3. The third kappa shape index (κ3) is 4.29. The van der Waals surface area contributed by atoms with Gasteiger partial charge < -0.3 is 0 Å². The average Bonchev–Trinajstić information content (AvgIpc) is 2.34. The molecule has 0 aliphatic rings. The number of halogens is 2. The van der Waals surface area contributed by atoms with Gasteiger partial charge in [-0.05, 0) is 18.9 Å². The zero-order valence-corrected chi connectivity index (χ0v) is 11.4. The van der Waals surface area contributed by atoms with Gasteiger partial charge in [0.1, 0.15) is 5.82 Å². The molecule has 0 bridgehead atoms. The van der Waals surface area contributed by atoms with E-state index in [2.05, 4.69) is 18.7 Å². The summed E-state index contributed by atoms with van der Waals surface area (Å²) >= 11 is 5.82. The molecule has 1 rings (SSSR count). The van der Waals surface area contributed by atoms with E-state index in [0.29, 0.717) is 18.5 Å². The van der Waals surface area contributed by atoms with E-state index < -0.39 is 0 Å². The van der Waals surface area contributed by atoms with Crippen LogP contribution in [0.5, 0.6) is 0 Å². The van der Waals surface area contributed by atoms with Gasteiger partial charge in [-0.15, -0.1) is 11.6 Å². The Bertz CT molecular complexity index is 326.